The lowest BCUT2D eigenvalue weighted by atomic mass is 10.0. The number of aliphatic hydroxyl groups is 3. The van der Waals surface area contributed by atoms with Crippen molar-refractivity contribution in [2.45, 2.75) is 82.0 Å². The predicted octanol–water partition coefficient (Wildman–Crippen LogP) is -0.436. The summed E-state index contributed by atoms with van der Waals surface area (Å²) in [6.07, 6.45) is -3.59. The Morgan fingerprint density at radius 1 is 1.18 bits per heavy atom. The summed E-state index contributed by atoms with van der Waals surface area (Å²) in [5.74, 6) is -0.0676. The average molecular weight is 424 g/mol. The van der Waals surface area contributed by atoms with Gasteiger partial charge in [-0.2, -0.15) is 11.8 Å². The van der Waals surface area contributed by atoms with Gasteiger partial charge in [-0.15, -0.1) is 0 Å². The third-order valence-electron chi connectivity index (χ3n) is 4.48. The van der Waals surface area contributed by atoms with Gasteiger partial charge in [0, 0.05) is 29.9 Å². The minimum absolute atomic E-state index is 0.0794. The molecule has 0 aromatic heterocycles. The lowest BCUT2D eigenvalue weighted by Gasteiger charge is -2.39. The molecule has 2 aliphatic heterocycles. The predicted molar refractivity (Wildman–Crippen MR) is 103 cm³/mol. The maximum absolute atomic E-state index is 11.5. The maximum Gasteiger partial charge on any atom is 0.321 e. The molecule has 164 valence electrons. The van der Waals surface area contributed by atoms with Crippen molar-refractivity contribution < 1.29 is 39.4 Å². The molecule has 0 bridgehead atoms. The number of rotatable bonds is 8. The van der Waals surface area contributed by atoms with Crippen LogP contribution >= 0.6 is 11.8 Å². The highest BCUT2D eigenvalue weighted by molar-refractivity contribution is 7.99. The molecule has 5 N–H and O–H groups in total. The Bertz CT molecular complexity index is 502. The van der Waals surface area contributed by atoms with Crippen molar-refractivity contribution in [1.29, 1.82) is 0 Å². The first-order valence-corrected chi connectivity index (χ1v) is 10.7. The van der Waals surface area contributed by atoms with Crippen LogP contribution in [0.4, 0.5) is 0 Å². The summed E-state index contributed by atoms with van der Waals surface area (Å²) in [5, 5.41) is 42.0. The first-order valence-electron chi connectivity index (χ1n) is 9.56. The van der Waals surface area contributed by atoms with Crippen molar-refractivity contribution in [3.63, 3.8) is 0 Å². The lowest BCUT2D eigenvalue weighted by Crippen LogP contribution is -2.51. The molecule has 2 fully saturated rings. The van der Waals surface area contributed by atoms with E-state index in [1.165, 1.54) is 11.8 Å². The van der Waals surface area contributed by atoms with Crippen LogP contribution in [-0.2, 0) is 19.0 Å². The molecule has 5 unspecified atom stereocenters. The molecule has 9 nitrogen and oxygen atoms in total. The monoisotopic (exact) mass is 423 g/mol. The highest BCUT2D eigenvalue weighted by atomic mass is 32.2. The number of aliphatic hydroxyl groups excluding tert-OH is 3. The van der Waals surface area contributed by atoms with E-state index in [9.17, 15) is 25.2 Å². The van der Waals surface area contributed by atoms with E-state index in [0.29, 0.717) is 17.9 Å². The second kappa shape index (κ2) is 10.5. The van der Waals surface area contributed by atoms with Gasteiger partial charge in [-0.1, -0.05) is 0 Å². The molecule has 2 heterocycles. The SMILES string of the molecule is CC(C)(C)NC(CSCC1OCC(O)C[C@@H]1O[C@@H]1OCC(O)CC1O)C(=O)O. The highest BCUT2D eigenvalue weighted by Crippen LogP contribution is 2.26. The minimum atomic E-state index is -0.955. The molecule has 2 rings (SSSR count). The van der Waals surface area contributed by atoms with Crippen molar-refractivity contribution in [2.75, 3.05) is 24.7 Å². The second-order valence-electron chi connectivity index (χ2n) is 8.42. The van der Waals surface area contributed by atoms with Gasteiger partial charge in [0.15, 0.2) is 6.29 Å². The summed E-state index contributed by atoms with van der Waals surface area (Å²) >= 11 is 1.43. The van der Waals surface area contributed by atoms with Crippen molar-refractivity contribution >= 4 is 17.7 Å². The minimum Gasteiger partial charge on any atom is -0.480 e. The molecule has 10 heteroatoms. The number of nitrogens with one attached hydrogen (secondary N) is 1. The van der Waals surface area contributed by atoms with Gasteiger partial charge in [0.05, 0.1) is 37.6 Å². The van der Waals surface area contributed by atoms with Gasteiger partial charge in [-0.25, -0.2) is 0 Å². The summed E-state index contributed by atoms with van der Waals surface area (Å²) in [4.78, 5) is 11.5. The number of hydrogen-bond donors (Lipinski definition) is 5. The third-order valence-corrected chi connectivity index (χ3v) is 5.62. The fourth-order valence-corrected chi connectivity index (χ4v) is 4.35. The average Bonchev–Trinajstić information content (AvgIpc) is 2.57. The smallest absolute Gasteiger partial charge is 0.321 e. The first kappa shape index (κ1) is 23.8. The molecule has 7 atom stereocenters. The van der Waals surface area contributed by atoms with Gasteiger partial charge in [0.1, 0.15) is 12.1 Å². The van der Waals surface area contributed by atoms with Crippen LogP contribution in [0, 0.1) is 0 Å². The molecule has 0 amide bonds. The van der Waals surface area contributed by atoms with Gasteiger partial charge < -0.3 is 34.6 Å². The van der Waals surface area contributed by atoms with Crippen LogP contribution in [-0.4, -0.2) is 99.5 Å². The molecule has 28 heavy (non-hydrogen) atoms. The fourth-order valence-electron chi connectivity index (χ4n) is 3.21. The standard InChI is InChI=1S/C18H33NO8S/c1-18(2,3)19-12(16(23)24)8-28-9-15-14(5-11(21)6-25-15)27-17-13(22)4-10(20)7-26-17/h10-15,17,19-22H,4-9H2,1-3H3,(H,23,24)/t10?,11?,12?,13?,14-,15?,17-/m0/s1. The van der Waals surface area contributed by atoms with E-state index in [-0.39, 0.29) is 31.3 Å². The summed E-state index contributed by atoms with van der Waals surface area (Å²) in [6.45, 7) is 6.00. The Labute approximate surface area is 169 Å². The van der Waals surface area contributed by atoms with Gasteiger partial charge in [-0.05, 0) is 20.8 Å². The van der Waals surface area contributed by atoms with Crippen molar-refractivity contribution in [3.05, 3.63) is 0 Å². The van der Waals surface area contributed by atoms with E-state index in [0.717, 1.165) is 0 Å². The highest BCUT2D eigenvalue weighted by Gasteiger charge is 2.38. The maximum atomic E-state index is 11.5. The molecule has 0 aromatic rings. The van der Waals surface area contributed by atoms with Crippen LogP contribution in [0.5, 0.6) is 0 Å². The summed E-state index contributed by atoms with van der Waals surface area (Å²) in [6, 6.07) is -0.691. The van der Waals surface area contributed by atoms with Crippen LogP contribution < -0.4 is 5.32 Å². The van der Waals surface area contributed by atoms with Crippen molar-refractivity contribution in [3.8, 4) is 0 Å². The Morgan fingerprint density at radius 3 is 2.43 bits per heavy atom. The van der Waals surface area contributed by atoms with E-state index in [4.69, 9.17) is 14.2 Å². The van der Waals surface area contributed by atoms with E-state index >= 15 is 0 Å². The molecular weight excluding hydrogens is 390 g/mol. The molecule has 0 saturated carbocycles. The molecule has 0 radical (unpaired) electrons. The Morgan fingerprint density at radius 2 is 1.82 bits per heavy atom. The number of ether oxygens (including phenoxy) is 3. The summed E-state index contributed by atoms with van der Waals surface area (Å²) in [7, 11) is 0. The van der Waals surface area contributed by atoms with Gasteiger partial charge in [0.25, 0.3) is 0 Å². The van der Waals surface area contributed by atoms with Crippen molar-refractivity contribution in [2.24, 2.45) is 0 Å². The lowest BCUT2D eigenvalue weighted by molar-refractivity contribution is -0.275. The second-order valence-corrected chi connectivity index (χ2v) is 9.49. The summed E-state index contributed by atoms with van der Waals surface area (Å²) in [5.41, 5.74) is -0.320. The molecule has 0 spiro atoms. The number of carboxylic acid groups (broad SMARTS) is 1. The summed E-state index contributed by atoms with van der Waals surface area (Å²) < 4.78 is 16.9. The van der Waals surface area contributed by atoms with Gasteiger partial charge >= 0.3 is 5.97 Å². The zero-order chi connectivity index (χ0) is 20.9. The van der Waals surface area contributed by atoms with E-state index in [1.54, 1.807) is 0 Å². The number of carbonyl (C=O) groups is 1. The zero-order valence-electron chi connectivity index (χ0n) is 16.6. The number of carboxylic acids is 1. The molecule has 0 aliphatic carbocycles. The Kier molecular flexibility index (Phi) is 8.96. The normalized spacial score (nSPS) is 35.5. The molecule has 2 aliphatic rings. The van der Waals surface area contributed by atoms with E-state index < -0.39 is 42.7 Å². The number of aliphatic carboxylic acids is 1. The Hall–Kier alpha value is -0.460. The van der Waals surface area contributed by atoms with Crippen LogP contribution in [0.2, 0.25) is 0 Å². The van der Waals surface area contributed by atoms with Crippen LogP contribution in [0.25, 0.3) is 0 Å². The van der Waals surface area contributed by atoms with Gasteiger partial charge in [-0.3, -0.25) is 10.1 Å². The topological polar surface area (TPSA) is 138 Å². The third kappa shape index (κ3) is 7.75. The Balaban J connectivity index is 1.88. The number of thioether (sulfide) groups is 1. The molecule has 2 saturated heterocycles. The van der Waals surface area contributed by atoms with E-state index in [2.05, 4.69) is 5.32 Å². The first-order chi connectivity index (χ1) is 13.0. The van der Waals surface area contributed by atoms with Crippen LogP contribution in [0.15, 0.2) is 0 Å². The van der Waals surface area contributed by atoms with E-state index in [1.807, 2.05) is 20.8 Å². The fraction of sp³-hybridized carbons (Fsp3) is 0.944. The van der Waals surface area contributed by atoms with Crippen molar-refractivity contribution in [1.82, 2.24) is 5.32 Å². The number of hydrogen-bond acceptors (Lipinski definition) is 9. The van der Waals surface area contributed by atoms with Crippen LogP contribution in [0.3, 0.4) is 0 Å². The zero-order valence-corrected chi connectivity index (χ0v) is 17.4. The largest absolute Gasteiger partial charge is 0.480 e. The molecular formula is C18H33NO8S. The van der Waals surface area contributed by atoms with Crippen LogP contribution in [0.1, 0.15) is 33.6 Å². The molecule has 0 aromatic carbocycles. The quantitative estimate of drug-likeness (QED) is 0.349. The van der Waals surface area contributed by atoms with Gasteiger partial charge in [0.2, 0.25) is 0 Å².